The Balaban J connectivity index is 4.94. The average molecular weight is 260 g/mol. The van der Waals surface area contributed by atoms with Crippen LogP contribution in [0.2, 0.25) is 0 Å². The summed E-state index contributed by atoms with van der Waals surface area (Å²) < 4.78 is 5.07. The molecule has 0 aliphatic rings. The molecule has 0 fully saturated rings. The van der Waals surface area contributed by atoms with Gasteiger partial charge in [-0.05, 0) is 26.7 Å². The molecule has 0 radical (unpaired) electrons. The molecule has 100 valence electrons. The van der Waals surface area contributed by atoms with Gasteiger partial charge in [0.1, 0.15) is 0 Å². The van der Waals surface area contributed by atoms with Crippen LogP contribution < -0.4 is 11.1 Å². The molecule has 0 bridgehead atoms. The Hall–Kier alpha value is -0.680. The van der Waals surface area contributed by atoms with Crippen molar-refractivity contribution in [1.82, 2.24) is 5.32 Å². The number of nitrogens with one attached hydrogen (secondary N) is 1. The molecule has 0 saturated carbocycles. The molecule has 0 aromatic carbocycles. The monoisotopic (exact) mass is 260 g/mol. The zero-order chi connectivity index (χ0) is 13.7. The smallest absolute Gasteiger partial charge is 0.233 e. The van der Waals surface area contributed by atoms with Gasteiger partial charge in [0.15, 0.2) is 0 Å². The van der Waals surface area contributed by atoms with Crippen molar-refractivity contribution in [1.29, 1.82) is 0 Å². The number of methoxy groups -OCH3 is 1. The molecule has 0 heterocycles. The highest BCUT2D eigenvalue weighted by molar-refractivity contribution is 7.80. The maximum absolute atomic E-state index is 12.3. The molecule has 0 aromatic rings. The van der Waals surface area contributed by atoms with Gasteiger partial charge in [-0.1, -0.05) is 26.1 Å². The van der Waals surface area contributed by atoms with Crippen LogP contribution in [0.15, 0.2) is 0 Å². The van der Waals surface area contributed by atoms with Crippen LogP contribution in [0, 0.1) is 5.41 Å². The molecule has 0 aliphatic carbocycles. The molecule has 17 heavy (non-hydrogen) atoms. The minimum Gasteiger partial charge on any atom is -0.392 e. The van der Waals surface area contributed by atoms with Crippen molar-refractivity contribution in [3.05, 3.63) is 0 Å². The largest absolute Gasteiger partial charge is 0.392 e. The van der Waals surface area contributed by atoms with Crippen molar-refractivity contribution in [2.75, 3.05) is 13.7 Å². The fourth-order valence-electron chi connectivity index (χ4n) is 1.86. The lowest BCUT2D eigenvalue weighted by Gasteiger charge is -2.34. The Labute approximate surface area is 109 Å². The lowest BCUT2D eigenvalue weighted by Crippen LogP contribution is -2.56. The maximum Gasteiger partial charge on any atom is 0.233 e. The van der Waals surface area contributed by atoms with Crippen molar-refractivity contribution >= 4 is 23.1 Å². The maximum atomic E-state index is 12.3. The average Bonchev–Trinajstić information content (AvgIpc) is 2.18. The number of carbonyl (C=O) groups excluding carboxylic acids is 1. The van der Waals surface area contributed by atoms with Crippen molar-refractivity contribution in [3.8, 4) is 0 Å². The van der Waals surface area contributed by atoms with Crippen molar-refractivity contribution in [2.45, 2.75) is 46.1 Å². The summed E-state index contributed by atoms with van der Waals surface area (Å²) in [7, 11) is 1.61. The van der Waals surface area contributed by atoms with E-state index in [0.717, 1.165) is 0 Å². The molecule has 0 unspecified atom stereocenters. The second-order valence-corrected chi connectivity index (χ2v) is 5.36. The van der Waals surface area contributed by atoms with Crippen LogP contribution in [0.25, 0.3) is 0 Å². The molecule has 0 aliphatic heterocycles. The molecular weight excluding hydrogens is 236 g/mol. The highest BCUT2D eigenvalue weighted by atomic mass is 32.1. The number of hydrogen-bond acceptors (Lipinski definition) is 3. The van der Waals surface area contributed by atoms with Crippen LogP contribution in [0.3, 0.4) is 0 Å². The minimum absolute atomic E-state index is 0.114. The molecular formula is C12H24N2O2S. The van der Waals surface area contributed by atoms with Crippen LogP contribution in [0.5, 0.6) is 0 Å². The molecule has 0 aromatic heterocycles. The van der Waals surface area contributed by atoms with Crippen LogP contribution in [0.4, 0.5) is 0 Å². The van der Waals surface area contributed by atoms with E-state index in [9.17, 15) is 4.79 Å². The Bertz CT molecular complexity index is 286. The lowest BCUT2D eigenvalue weighted by atomic mass is 9.80. The SMILES string of the molecule is CCC(CC)(C(=O)NC(C)(C)COC)C(N)=S. The normalized spacial score (nSPS) is 12.3. The first kappa shape index (κ1) is 16.3. The van der Waals surface area contributed by atoms with Gasteiger partial charge in [-0.25, -0.2) is 0 Å². The third-order valence-electron chi connectivity index (χ3n) is 3.07. The number of hydrogen-bond donors (Lipinski definition) is 2. The topological polar surface area (TPSA) is 64.3 Å². The van der Waals surface area contributed by atoms with Crippen LogP contribution >= 0.6 is 12.2 Å². The van der Waals surface area contributed by atoms with Crippen LogP contribution in [-0.2, 0) is 9.53 Å². The summed E-state index contributed by atoms with van der Waals surface area (Å²) in [5.41, 5.74) is 4.55. The molecule has 3 N–H and O–H groups in total. The molecule has 1 amide bonds. The van der Waals surface area contributed by atoms with Crippen molar-refractivity contribution in [3.63, 3.8) is 0 Å². The Morgan fingerprint density at radius 1 is 1.35 bits per heavy atom. The van der Waals surface area contributed by atoms with Crippen molar-refractivity contribution < 1.29 is 9.53 Å². The van der Waals surface area contributed by atoms with Gasteiger partial charge >= 0.3 is 0 Å². The summed E-state index contributed by atoms with van der Waals surface area (Å²) in [4.78, 5) is 12.6. The van der Waals surface area contributed by atoms with Gasteiger partial charge in [-0.3, -0.25) is 4.79 Å². The first-order valence-electron chi connectivity index (χ1n) is 5.87. The Kier molecular flexibility index (Phi) is 6.05. The third kappa shape index (κ3) is 3.92. The highest BCUT2D eigenvalue weighted by Crippen LogP contribution is 2.28. The fourth-order valence-corrected chi connectivity index (χ4v) is 2.24. The number of ether oxygens (including phenoxy) is 1. The van der Waals surface area contributed by atoms with Gasteiger partial charge in [-0.15, -0.1) is 0 Å². The van der Waals surface area contributed by atoms with E-state index in [0.29, 0.717) is 19.4 Å². The van der Waals surface area contributed by atoms with E-state index in [1.54, 1.807) is 7.11 Å². The van der Waals surface area contributed by atoms with E-state index in [2.05, 4.69) is 5.32 Å². The summed E-state index contributed by atoms with van der Waals surface area (Å²) in [6.07, 6.45) is 1.21. The van der Waals surface area contributed by atoms with Crippen LogP contribution in [-0.4, -0.2) is 30.2 Å². The zero-order valence-corrected chi connectivity index (χ0v) is 12.2. The standard InChI is InChI=1S/C12H24N2O2S/c1-6-12(7-2,9(13)17)10(15)14-11(3,4)8-16-5/h6-8H2,1-5H3,(H2,13,17)(H,14,15). The molecule has 5 heteroatoms. The number of amides is 1. The fraction of sp³-hybridized carbons (Fsp3) is 0.833. The third-order valence-corrected chi connectivity index (χ3v) is 3.46. The predicted molar refractivity (Wildman–Crippen MR) is 73.9 cm³/mol. The summed E-state index contributed by atoms with van der Waals surface area (Å²) >= 11 is 5.04. The van der Waals surface area contributed by atoms with Gasteiger partial charge in [-0.2, -0.15) is 0 Å². The Morgan fingerprint density at radius 2 is 1.82 bits per heavy atom. The summed E-state index contributed by atoms with van der Waals surface area (Å²) in [5, 5.41) is 2.95. The van der Waals surface area contributed by atoms with E-state index >= 15 is 0 Å². The van der Waals surface area contributed by atoms with E-state index in [1.807, 2.05) is 27.7 Å². The molecule has 0 rings (SSSR count). The quantitative estimate of drug-likeness (QED) is 0.683. The minimum atomic E-state index is -0.750. The molecule has 0 saturated heterocycles. The Morgan fingerprint density at radius 3 is 2.12 bits per heavy atom. The second-order valence-electron chi connectivity index (χ2n) is 4.92. The first-order chi connectivity index (χ1) is 7.75. The van der Waals surface area contributed by atoms with Crippen LogP contribution in [0.1, 0.15) is 40.5 Å². The molecule has 0 atom stereocenters. The summed E-state index contributed by atoms with van der Waals surface area (Å²) in [5.74, 6) is -0.114. The summed E-state index contributed by atoms with van der Waals surface area (Å²) in [6, 6.07) is 0. The van der Waals surface area contributed by atoms with Gasteiger partial charge < -0.3 is 15.8 Å². The number of carbonyl (C=O) groups is 1. The number of thiocarbonyl (C=S) groups is 1. The van der Waals surface area contributed by atoms with E-state index in [4.69, 9.17) is 22.7 Å². The van der Waals surface area contributed by atoms with Gasteiger partial charge in [0.2, 0.25) is 5.91 Å². The van der Waals surface area contributed by atoms with E-state index in [-0.39, 0.29) is 10.9 Å². The number of rotatable bonds is 7. The molecule has 0 spiro atoms. The molecule has 4 nitrogen and oxygen atoms in total. The van der Waals surface area contributed by atoms with Gasteiger partial charge in [0, 0.05) is 7.11 Å². The van der Waals surface area contributed by atoms with E-state index < -0.39 is 11.0 Å². The lowest BCUT2D eigenvalue weighted by molar-refractivity contribution is -0.130. The highest BCUT2D eigenvalue weighted by Gasteiger charge is 2.40. The summed E-state index contributed by atoms with van der Waals surface area (Å²) in [6.45, 7) is 8.10. The van der Waals surface area contributed by atoms with E-state index in [1.165, 1.54) is 0 Å². The first-order valence-corrected chi connectivity index (χ1v) is 6.28. The number of nitrogens with two attached hydrogens (primary N) is 1. The van der Waals surface area contributed by atoms with Gasteiger partial charge in [0.25, 0.3) is 0 Å². The second kappa shape index (κ2) is 6.31. The van der Waals surface area contributed by atoms with Gasteiger partial charge in [0.05, 0.1) is 22.5 Å². The predicted octanol–water partition coefficient (Wildman–Crippen LogP) is 1.62. The van der Waals surface area contributed by atoms with Crippen molar-refractivity contribution in [2.24, 2.45) is 11.1 Å². The zero-order valence-electron chi connectivity index (χ0n) is 11.4.